The summed E-state index contributed by atoms with van der Waals surface area (Å²) in [5, 5.41) is 0. The Hall–Kier alpha value is -1.39. The smallest absolute Gasteiger partial charge is 0.294 e. The molecule has 2 saturated carbocycles. The summed E-state index contributed by atoms with van der Waals surface area (Å²) in [6.45, 7) is 0. The highest BCUT2D eigenvalue weighted by Gasteiger charge is 2.40. The molecule has 2 bridgehead atoms. The molecule has 3 rings (SSSR count). The topological polar surface area (TPSA) is 17.1 Å². The van der Waals surface area contributed by atoms with E-state index in [2.05, 4.69) is 0 Å². The number of carbonyl (C=O) groups excluding carboxylic acids is 1. The van der Waals surface area contributed by atoms with Crippen molar-refractivity contribution in [3.05, 3.63) is 35.1 Å². The average molecular weight is 300 g/mol. The predicted molar refractivity (Wildman–Crippen MR) is 69.3 cm³/mol. The lowest BCUT2D eigenvalue weighted by atomic mass is 9.84. The molecule has 2 aliphatic carbocycles. The number of ketones is 1. The van der Waals surface area contributed by atoms with Gasteiger partial charge in [-0.25, -0.2) is 4.39 Å². The van der Waals surface area contributed by atoms with E-state index >= 15 is 0 Å². The highest BCUT2D eigenvalue weighted by Crippen LogP contribution is 2.49. The Balaban J connectivity index is 1.76. The molecule has 3 unspecified atom stereocenters. The van der Waals surface area contributed by atoms with Gasteiger partial charge in [-0.2, -0.15) is 13.2 Å². The summed E-state index contributed by atoms with van der Waals surface area (Å²) >= 11 is 0. The molecule has 0 aliphatic heterocycles. The summed E-state index contributed by atoms with van der Waals surface area (Å²) in [5.74, 6) is -0.124. The number of halogens is 4. The summed E-state index contributed by atoms with van der Waals surface area (Å²) in [6, 6.07) is 2.53. The van der Waals surface area contributed by atoms with Crippen molar-refractivity contribution in [2.75, 3.05) is 0 Å². The number of carbonyl (C=O) groups is 1. The Morgan fingerprint density at radius 2 is 1.95 bits per heavy atom. The molecule has 0 N–H and O–H groups in total. The van der Waals surface area contributed by atoms with Crippen LogP contribution in [0.15, 0.2) is 18.2 Å². The first-order valence-corrected chi connectivity index (χ1v) is 7.24. The second kappa shape index (κ2) is 5.11. The fourth-order valence-electron chi connectivity index (χ4n) is 3.90. The van der Waals surface area contributed by atoms with Crippen LogP contribution in [-0.4, -0.2) is 5.78 Å². The van der Waals surface area contributed by atoms with Gasteiger partial charge in [-0.1, -0.05) is 6.42 Å². The summed E-state index contributed by atoms with van der Waals surface area (Å²) in [4.78, 5) is 12.2. The molecule has 5 heteroatoms. The third kappa shape index (κ3) is 2.83. The molecule has 2 fully saturated rings. The second-order valence-corrected chi connectivity index (χ2v) is 6.25. The molecule has 2 aliphatic rings. The van der Waals surface area contributed by atoms with Crippen molar-refractivity contribution >= 4 is 5.78 Å². The molecule has 1 aromatic carbocycles. The fraction of sp³-hybridized carbons (Fsp3) is 0.562. The first kappa shape index (κ1) is 14.5. The highest BCUT2D eigenvalue weighted by atomic mass is 19.4. The van der Waals surface area contributed by atoms with Crippen molar-refractivity contribution in [1.82, 2.24) is 0 Å². The van der Waals surface area contributed by atoms with Crippen LogP contribution in [0.5, 0.6) is 0 Å². The van der Waals surface area contributed by atoms with Crippen LogP contribution in [0.2, 0.25) is 0 Å². The van der Waals surface area contributed by atoms with Gasteiger partial charge in [0, 0.05) is 12.0 Å². The van der Waals surface area contributed by atoms with E-state index in [-0.39, 0.29) is 23.7 Å². The fourth-order valence-corrected chi connectivity index (χ4v) is 3.90. The molecule has 1 aromatic rings. The molecule has 0 radical (unpaired) electrons. The third-order valence-corrected chi connectivity index (χ3v) is 4.93. The van der Waals surface area contributed by atoms with Gasteiger partial charge in [0.05, 0.1) is 5.56 Å². The summed E-state index contributed by atoms with van der Waals surface area (Å²) in [6.07, 6.45) is -0.000248. The Bertz CT molecular complexity index is 564. The molecule has 21 heavy (non-hydrogen) atoms. The van der Waals surface area contributed by atoms with E-state index in [1.54, 1.807) is 0 Å². The minimum Gasteiger partial charge on any atom is -0.294 e. The molecule has 1 nitrogen and oxygen atoms in total. The van der Waals surface area contributed by atoms with E-state index in [0.29, 0.717) is 17.9 Å². The van der Waals surface area contributed by atoms with E-state index in [1.807, 2.05) is 0 Å². The van der Waals surface area contributed by atoms with Crippen molar-refractivity contribution < 1.29 is 22.4 Å². The lowest BCUT2D eigenvalue weighted by Gasteiger charge is -2.20. The van der Waals surface area contributed by atoms with Crippen molar-refractivity contribution in [2.45, 2.75) is 38.3 Å². The molecule has 114 valence electrons. The van der Waals surface area contributed by atoms with Gasteiger partial charge in [0.15, 0.2) is 5.78 Å². The molecule has 0 heterocycles. The maximum Gasteiger partial charge on any atom is 0.419 e. The number of alkyl halides is 3. The quantitative estimate of drug-likeness (QED) is 0.576. The number of fused-ring (bicyclic) bond motifs is 2. The predicted octanol–water partition coefficient (Wildman–Crippen LogP) is 4.85. The van der Waals surface area contributed by atoms with E-state index in [9.17, 15) is 22.4 Å². The molecular weight excluding hydrogens is 284 g/mol. The number of hydrogen-bond donors (Lipinski definition) is 0. The first-order valence-electron chi connectivity index (χ1n) is 7.24. The zero-order valence-electron chi connectivity index (χ0n) is 11.4. The maximum atomic E-state index is 13.2. The van der Waals surface area contributed by atoms with Gasteiger partial charge in [-0.05, 0) is 55.2 Å². The SMILES string of the molecule is O=C(CC1CC2CCC1C2)c1ccc(F)c(C(F)(F)F)c1. The third-order valence-electron chi connectivity index (χ3n) is 4.93. The molecule has 0 amide bonds. The average Bonchev–Trinajstić information content (AvgIpc) is 3.00. The number of hydrogen-bond acceptors (Lipinski definition) is 1. The molecule has 3 atom stereocenters. The first-order chi connectivity index (χ1) is 9.84. The second-order valence-electron chi connectivity index (χ2n) is 6.25. The van der Waals surface area contributed by atoms with E-state index in [0.717, 1.165) is 31.4 Å². The van der Waals surface area contributed by atoms with Gasteiger partial charge >= 0.3 is 6.18 Å². The Morgan fingerprint density at radius 1 is 1.19 bits per heavy atom. The van der Waals surface area contributed by atoms with Gasteiger partial charge in [0.2, 0.25) is 0 Å². The van der Waals surface area contributed by atoms with E-state index in [1.165, 1.54) is 6.42 Å². The summed E-state index contributed by atoms with van der Waals surface area (Å²) in [5.41, 5.74) is -1.40. The van der Waals surface area contributed by atoms with E-state index < -0.39 is 17.6 Å². The zero-order valence-corrected chi connectivity index (χ0v) is 11.4. The largest absolute Gasteiger partial charge is 0.419 e. The number of rotatable bonds is 3. The van der Waals surface area contributed by atoms with Crippen molar-refractivity contribution in [2.24, 2.45) is 17.8 Å². The molecule has 0 spiro atoms. The monoisotopic (exact) mass is 300 g/mol. The Morgan fingerprint density at radius 3 is 2.52 bits per heavy atom. The van der Waals surface area contributed by atoms with Crippen LogP contribution in [0.4, 0.5) is 17.6 Å². The van der Waals surface area contributed by atoms with Gasteiger partial charge < -0.3 is 0 Å². The van der Waals surface area contributed by atoms with Crippen LogP contribution in [0, 0.1) is 23.6 Å². The minimum atomic E-state index is -4.77. The van der Waals surface area contributed by atoms with Crippen molar-refractivity contribution in [1.29, 1.82) is 0 Å². The molecular formula is C16H16F4O. The van der Waals surface area contributed by atoms with Crippen molar-refractivity contribution in [3.63, 3.8) is 0 Å². The molecule has 0 saturated heterocycles. The van der Waals surface area contributed by atoms with Crippen LogP contribution in [0.25, 0.3) is 0 Å². The minimum absolute atomic E-state index is 0.0356. The van der Waals surface area contributed by atoms with Crippen molar-refractivity contribution in [3.8, 4) is 0 Å². The highest BCUT2D eigenvalue weighted by molar-refractivity contribution is 5.96. The van der Waals surface area contributed by atoms with Crippen LogP contribution in [-0.2, 0) is 6.18 Å². The zero-order chi connectivity index (χ0) is 15.2. The summed E-state index contributed by atoms with van der Waals surface area (Å²) in [7, 11) is 0. The number of benzene rings is 1. The lowest BCUT2D eigenvalue weighted by molar-refractivity contribution is -0.140. The number of Topliss-reactive ketones (excluding diaryl/α,β-unsaturated/α-hetero) is 1. The normalized spacial score (nSPS) is 28.1. The van der Waals surface area contributed by atoms with Crippen LogP contribution in [0.1, 0.15) is 48.0 Å². The summed E-state index contributed by atoms with van der Waals surface area (Å²) < 4.78 is 51.2. The van der Waals surface area contributed by atoms with E-state index in [4.69, 9.17) is 0 Å². The van der Waals surface area contributed by atoms with Gasteiger partial charge in [-0.15, -0.1) is 0 Å². The maximum absolute atomic E-state index is 13.2. The van der Waals surface area contributed by atoms with Gasteiger partial charge in [0.25, 0.3) is 0 Å². The standard InChI is InChI=1S/C16H16F4O/c17-14-4-3-11(7-13(14)16(18,19)20)15(21)8-12-6-9-1-2-10(12)5-9/h3-4,7,9-10,12H,1-2,5-6,8H2. The molecule has 0 aromatic heterocycles. The van der Waals surface area contributed by atoms with Crippen LogP contribution >= 0.6 is 0 Å². The van der Waals surface area contributed by atoms with Crippen LogP contribution in [0.3, 0.4) is 0 Å². The van der Waals surface area contributed by atoms with Gasteiger partial charge in [0.1, 0.15) is 5.82 Å². The lowest BCUT2D eigenvalue weighted by Crippen LogP contribution is -2.16. The van der Waals surface area contributed by atoms with Gasteiger partial charge in [-0.3, -0.25) is 4.79 Å². The Kier molecular flexibility index (Phi) is 3.54. The Labute approximate surface area is 120 Å². The van der Waals surface area contributed by atoms with Crippen LogP contribution < -0.4 is 0 Å².